The summed E-state index contributed by atoms with van der Waals surface area (Å²) in [5.74, 6) is 0. The molecule has 0 aromatic carbocycles. The Balaban J connectivity index is 0. The van der Waals surface area contributed by atoms with Gasteiger partial charge in [0.25, 0.3) is 0 Å². The third kappa shape index (κ3) is 22.9. The molecule has 0 spiro atoms. The minimum absolute atomic E-state index is 0.884. The van der Waals surface area contributed by atoms with Gasteiger partial charge in [-0.2, -0.15) is 0 Å². The predicted octanol–water partition coefficient (Wildman–Crippen LogP) is 2.75. The van der Waals surface area contributed by atoms with Gasteiger partial charge in [0, 0.05) is 0 Å². The minimum atomic E-state index is 0.884. The summed E-state index contributed by atoms with van der Waals surface area (Å²) in [5.41, 5.74) is 0. The molecule has 0 bridgehead atoms. The average molecular weight is 128 g/mol. The van der Waals surface area contributed by atoms with E-state index in [-0.39, 0.29) is 0 Å². The van der Waals surface area contributed by atoms with Gasteiger partial charge in [-0.15, -0.1) is 0 Å². The molecule has 0 saturated heterocycles. The zero-order valence-corrected chi connectivity index (χ0v) is 8.57. The van der Waals surface area contributed by atoms with Gasteiger partial charge in [-0.1, -0.05) is 0 Å². The van der Waals surface area contributed by atoms with Gasteiger partial charge in [0.15, 0.2) is 0 Å². The summed E-state index contributed by atoms with van der Waals surface area (Å²) in [6.45, 7) is 8.84. The second kappa shape index (κ2) is 10.2. The van der Waals surface area contributed by atoms with Crippen molar-refractivity contribution >= 4 is 35.4 Å². The van der Waals surface area contributed by atoms with E-state index in [9.17, 15) is 0 Å². The molecule has 52 valence electrons. The van der Waals surface area contributed by atoms with Gasteiger partial charge >= 0.3 is 85.1 Å². The summed E-state index contributed by atoms with van der Waals surface area (Å²) in [5, 5.41) is 0. The summed E-state index contributed by atoms with van der Waals surface area (Å²) in [6.07, 6.45) is 2.61. The zero-order valence-electron chi connectivity index (χ0n) is 8.57. The maximum atomic E-state index is 2.22. The van der Waals surface area contributed by atoms with Crippen LogP contribution >= 0.6 is 0 Å². The van der Waals surface area contributed by atoms with E-state index in [2.05, 4.69) is 63.1 Å². The van der Waals surface area contributed by atoms with Crippen molar-refractivity contribution < 1.29 is 0 Å². The summed E-state index contributed by atoms with van der Waals surface area (Å²) >= 11 is 4.44. The summed E-state index contributed by atoms with van der Waals surface area (Å²) in [7, 11) is 0. The van der Waals surface area contributed by atoms with E-state index in [0.29, 0.717) is 0 Å². The van der Waals surface area contributed by atoms with E-state index in [1.807, 2.05) is 0 Å². The van der Waals surface area contributed by atoms with Crippen molar-refractivity contribution in [1.29, 1.82) is 0 Å². The second-order valence-corrected chi connectivity index (χ2v) is 3.60. The zero-order chi connectivity index (χ0) is 8.57. The van der Waals surface area contributed by atoms with Gasteiger partial charge in [-0.25, -0.2) is 0 Å². The first-order valence-corrected chi connectivity index (χ1v) is 4.54. The summed E-state index contributed by atoms with van der Waals surface area (Å²) in [4.78, 5) is 0. The molecular formula is C8H18Li2. The molecule has 0 amide bonds. The Hall–Kier alpha value is 1.19. The Morgan fingerprint density at radius 1 is 0.900 bits per heavy atom. The Morgan fingerprint density at radius 2 is 1.00 bits per heavy atom. The Morgan fingerprint density at radius 3 is 1.00 bits per heavy atom. The fourth-order valence-electron chi connectivity index (χ4n) is 0. The van der Waals surface area contributed by atoms with Crippen LogP contribution in [0.1, 0.15) is 40.5 Å². The van der Waals surface area contributed by atoms with Crippen LogP contribution in [0.3, 0.4) is 0 Å². The van der Waals surface area contributed by atoms with Crippen LogP contribution in [0.5, 0.6) is 0 Å². The average Bonchev–Trinajstić information content (AvgIpc) is 1.89. The molecule has 0 N–H and O–H groups in total. The summed E-state index contributed by atoms with van der Waals surface area (Å²) in [6, 6.07) is 0. The quantitative estimate of drug-likeness (QED) is 0.501. The molecule has 0 radical (unpaired) electrons. The van der Waals surface area contributed by atoms with E-state index < -0.39 is 0 Å². The van der Waals surface area contributed by atoms with Gasteiger partial charge in [0.2, 0.25) is 0 Å². The standard InChI is InChI=1S/2C4H9.2Li/c2*1-3-4-2;;/h2*3H,4H2,1-2H3;;. The van der Waals surface area contributed by atoms with Crippen LogP contribution in [0.15, 0.2) is 0 Å². The number of hydrogen-bond acceptors (Lipinski definition) is 0. The van der Waals surface area contributed by atoms with Crippen molar-refractivity contribution in [2.45, 2.75) is 49.7 Å². The van der Waals surface area contributed by atoms with Crippen LogP contribution in [-0.4, -0.2) is 35.4 Å². The SMILES string of the molecule is [Li][CH](C)CC.[Li][CH](C)CC. The molecule has 2 heteroatoms. The van der Waals surface area contributed by atoms with Crippen molar-refractivity contribution in [2.24, 2.45) is 0 Å². The van der Waals surface area contributed by atoms with Crippen LogP contribution in [0, 0.1) is 0 Å². The van der Waals surface area contributed by atoms with Crippen molar-refractivity contribution in [3.05, 3.63) is 0 Å². The molecule has 0 aliphatic carbocycles. The molecule has 0 aromatic rings. The third-order valence-corrected chi connectivity index (χ3v) is 1.63. The van der Waals surface area contributed by atoms with Crippen molar-refractivity contribution in [2.75, 3.05) is 0 Å². The first kappa shape index (κ1) is 13.8. The second-order valence-electron chi connectivity index (χ2n) is 3.60. The van der Waals surface area contributed by atoms with Crippen LogP contribution in [0.2, 0.25) is 9.18 Å². The monoisotopic (exact) mass is 128 g/mol. The van der Waals surface area contributed by atoms with Crippen LogP contribution in [0.4, 0.5) is 0 Å². The number of hydrogen-bond donors (Lipinski definition) is 0. The molecule has 0 aliphatic heterocycles. The van der Waals surface area contributed by atoms with E-state index >= 15 is 0 Å². The molecule has 0 fully saturated rings. The molecule has 2 atom stereocenters. The van der Waals surface area contributed by atoms with E-state index in [4.69, 9.17) is 0 Å². The third-order valence-electron chi connectivity index (χ3n) is 1.63. The predicted molar refractivity (Wildman–Crippen MR) is 50.9 cm³/mol. The first-order chi connectivity index (χ1) is 4.54. The Kier molecular flexibility index (Phi) is 14.0. The van der Waals surface area contributed by atoms with Crippen molar-refractivity contribution in [1.82, 2.24) is 0 Å². The van der Waals surface area contributed by atoms with Crippen LogP contribution in [0.25, 0.3) is 0 Å². The molecular weight excluding hydrogens is 110 g/mol. The van der Waals surface area contributed by atoms with Crippen LogP contribution < -0.4 is 0 Å². The van der Waals surface area contributed by atoms with Gasteiger partial charge in [0.1, 0.15) is 0 Å². The van der Waals surface area contributed by atoms with Gasteiger partial charge in [0.05, 0.1) is 0 Å². The number of rotatable bonds is 2. The fraction of sp³-hybridized carbons (Fsp3) is 1.00. The molecule has 0 heterocycles. The topological polar surface area (TPSA) is 0 Å². The summed E-state index contributed by atoms with van der Waals surface area (Å²) < 4.78 is 1.77. The Bertz CT molecular complexity index is 43.2. The first-order valence-electron chi connectivity index (χ1n) is 4.54. The van der Waals surface area contributed by atoms with Gasteiger partial charge < -0.3 is 0 Å². The molecule has 10 heavy (non-hydrogen) atoms. The van der Waals surface area contributed by atoms with E-state index in [0.717, 1.165) is 9.18 Å². The van der Waals surface area contributed by atoms with Gasteiger partial charge in [-0.05, 0) is 0 Å². The van der Waals surface area contributed by atoms with Crippen molar-refractivity contribution in [3.63, 3.8) is 0 Å². The maximum absolute atomic E-state index is 2.22. The van der Waals surface area contributed by atoms with E-state index in [1.165, 1.54) is 12.8 Å². The Labute approximate surface area is 84.9 Å². The van der Waals surface area contributed by atoms with Crippen LogP contribution in [-0.2, 0) is 0 Å². The van der Waals surface area contributed by atoms with E-state index in [1.54, 1.807) is 0 Å². The normalized spacial score (nSPS) is 15.2. The fourth-order valence-corrected chi connectivity index (χ4v) is 0. The molecule has 0 saturated carbocycles. The molecule has 0 aromatic heterocycles. The molecule has 2 unspecified atom stereocenters. The molecule has 0 aliphatic rings. The van der Waals surface area contributed by atoms with Gasteiger partial charge in [-0.3, -0.25) is 0 Å². The van der Waals surface area contributed by atoms with Crippen molar-refractivity contribution in [3.8, 4) is 0 Å². The molecule has 0 rings (SSSR count). The molecule has 0 nitrogen and oxygen atoms in total.